The summed E-state index contributed by atoms with van der Waals surface area (Å²) in [5.41, 5.74) is 7.81. The minimum absolute atomic E-state index is 0.532. The summed E-state index contributed by atoms with van der Waals surface area (Å²) in [6, 6.07) is 11.9. The Labute approximate surface area is 89.1 Å². The van der Waals surface area contributed by atoms with Gasteiger partial charge >= 0.3 is 0 Å². The Bertz CT molecular complexity index is 448. The van der Waals surface area contributed by atoms with E-state index in [1.807, 2.05) is 42.6 Å². The normalized spacial score (nSPS) is 10.3. The van der Waals surface area contributed by atoms with Gasteiger partial charge in [0.05, 0.1) is 7.11 Å². The monoisotopic (exact) mass is 202 g/mol. The molecule has 0 spiro atoms. The number of hydrogen-bond acceptors (Lipinski definition) is 2. The Morgan fingerprint density at radius 3 is 2.87 bits per heavy atom. The van der Waals surface area contributed by atoms with Gasteiger partial charge in [0, 0.05) is 30.2 Å². The summed E-state index contributed by atoms with van der Waals surface area (Å²) in [6.45, 7) is 0.532. The number of ether oxygens (including phenoxy) is 1. The maximum Gasteiger partial charge on any atom is 0.120 e. The molecule has 0 saturated carbocycles. The van der Waals surface area contributed by atoms with Crippen LogP contribution in [0.1, 0.15) is 5.69 Å². The van der Waals surface area contributed by atoms with Crippen LogP contribution in [0.5, 0.6) is 5.75 Å². The minimum atomic E-state index is 0.532. The summed E-state index contributed by atoms with van der Waals surface area (Å²) in [7, 11) is 1.67. The second-order valence-corrected chi connectivity index (χ2v) is 3.28. The zero-order chi connectivity index (χ0) is 10.7. The van der Waals surface area contributed by atoms with Crippen LogP contribution in [0.4, 0.5) is 0 Å². The van der Waals surface area contributed by atoms with E-state index in [2.05, 4.69) is 4.57 Å². The SMILES string of the molecule is COc1cccc(-n2cccc2CN)c1. The van der Waals surface area contributed by atoms with Crippen LogP contribution in [0.15, 0.2) is 42.6 Å². The highest BCUT2D eigenvalue weighted by atomic mass is 16.5. The Morgan fingerprint density at radius 1 is 1.27 bits per heavy atom. The van der Waals surface area contributed by atoms with Crippen molar-refractivity contribution in [3.63, 3.8) is 0 Å². The summed E-state index contributed by atoms with van der Waals surface area (Å²) in [5, 5.41) is 0. The molecule has 0 atom stereocenters. The van der Waals surface area contributed by atoms with Crippen molar-refractivity contribution in [2.75, 3.05) is 7.11 Å². The average molecular weight is 202 g/mol. The Kier molecular flexibility index (Phi) is 2.74. The van der Waals surface area contributed by atoms with Gasteiger partial charge in [-0.2, -0.15) is 0 Å². The molecular weight excluding hydrogens is 188 g/mol. The van der Waals surface area contributed by atoms with E-state index < -0.39 is 0 Å². The second kappa shape index (κ2) is 4.19. The van der Waals surface area contributed by atoms with Crippen molar-refractivity contribution in [1.82, 2.24) is 4.57 Å². The number of nitrogens with zero attached hydrogens (tertiary/aromatic N) is 1. The number of hydrogen-bond donors (Lipinski definition) is 1. The predicted octanol–water partition coefficient (Wildman–Crippen LogP) is 1.94. The molecule has 2 aromatic rings. The fourth-order valence-electron chi connectivity index (χ4n) is 1.59. The van der Waals surface area contributed by atoms with Crippen molar-refractivity contribution in [1.29, 1.82) is 0 Å². The summed E-state index contributed by atoms with van der Waals surface area (Å²) >= 11 is 0. The van der Waals surface area contributed by atoms with Crippen molar-refractivity contribution >= 4 is 0 Å². The zero-order valence-electron chi connectivity index (χ0n) is 8.68. The van der Waals surface area contributed by atoms with Crippen LogP contribution >= 0.6 is 0 Å². The third-order valence-corrected chi connectivity index (χ3v) is 2.37. The summed E-state index contributed by atoms with van der Waals surface area (Å²) in [4.78, 5) is 0. The summed E-state index contributed by atoms with van der Waals surface area (Å²) in [6.07, 6.45) is 2.00. The fraction of sp³-hybridized carbons (Fsp3) is 0.167. The molecule has 0 aliphatic heterocycles. The van der Waals surface area contributed by atoms with Crippen molar-refractivity contribution in [3.05, 3.63) is 48.3 Å². The molecule has 0 aliphatic carbocycles. The van der Waals surface area contributed by atoms with E-state index in [-0.39, 0.29) is 0 Å². The third-order valence-electron chi connectivity index (χ3n) is 2.37. The molecule has 0 bridgehead atoms. The van der Waals surface area contributed by atoms with Crippen LogP contribution in [0.3, 0.4) is 0 Å². The molecule has 0 radical (unpaired) electrons. The van der Waals surface area contributed by atoms with Crippen LogP contribution in [0, 0.1) is 0 Å². The topological polar surface area (TPSA) is 40.2 Å². The van der Waals surface area contributed by atoms with E-state index in [1.165, 1.54) is 0 Å². The van der Waals surface area contributed by atoms with Crippen molar-refractivity contribution in [3.8, 4) is 11.4 Å². The molecule has 78 valence electrons. The van der Waals surface area contributed by atoms with E-state index in [0.29, 0.717) is 6.54 Å². The maximum atomic E-state index is 5.65. The molecule has 2 N–H and O–H groups in total. The smallest absolute Gasteiger partial charge is 0.120 e. The highest BCUT2D eigenvalue weighted by Crippen LogP contribution is 2.18. The summed E-state index contributed by atoms with van der Waals surface area (Å²) in [5.74, 6) is 0.851. The quantitative estimate of drug-likeness (QED) is 0.826. The molecule has 1 aromatic heterocycles. The zero-order valence-corrected chi connectivity index (χ0v) is 8.68. The van der Waals surface area contributed by atoms with E-state index >= 15 is 0 Å². The molecule has 0 saturated heterocycles. The Morgan fingerprint density at radius 2 is 2.13 bits per heavy atom. The molecule has 0 fully saturated rings. The first-order chi connectivity index (χ1) is 7.35. The molecule has 1 heterocycles. The number of aromatic nitrogens is 1. The van der Waals surface area contributed by atoms with Crippen LogP contribution in [0.25, 0.3) is 5.69 Å². The van der Waals surface area contributed by atoms with E-state index in [4.69, 9.17) is 10.5 Å². The minimum Gasteiger partial charge on any atom is -0.497 e. The summed E-state index contributed by atoms with van der Waals surface area (Å²) < 4.78 is 7.24. The van der Waals surface area contributed by atoms with E-state index in [1.54, 1.807) is 7.11 Å². The maximum absolute atomic E-state index is 5.65. The van der Waals surface area contributed by atoms with Crippen LogP contribution in [0.2, 0.25) is 0 Å². The van der Waals surface area contributed by atoms with Gasteiger partial charge in [-0.25, -0.2) is 0 Å². The number of benzene rings is 1. The highest BCUT2D eigenvalue weighted by Gasteiger charge is 2.02. The molecular formula is C12H14N2O. The molecule has 3 heteroatoms. The van der Waals surface area contributed by atoms with Gasteiger partial charge in [-0.05, 0) is 24.3 Å². The lowest BCUT2D eigenvalue weighted by Crippen LogP contribution is -2.04. The van der Waals surface area contributed by atoms with Crippen LogP contribution in [-0.4, -0.2) is 11.7 Å². The van der Waals surface area contributed by atoms with Gasteiger partial charge in [0.15, 0.2) is 0 Å². The van der Waals surface area contributed by atoms with Gasteiger partial charge < -0.3 is 15.0 Å². The molecule has 0 amide bonds. The number of rotatable bonds is 3. The van der Waals surface area contributed by atoms with Crippen molar-refractivity contribution in [2.45, 2.75) is 6.54 Å². The molecule has 1 aromatic carbocycles. The van der Waals surface area contributed by atoms with Gasteiger partial charge in [0.2, 0.25) is 0 Å². The third kappa shape index (κ3) is 1.87. The Hall–Kier alpha value is -1.74. The molecule has 3 nitrogen and oxygen atoms in total. The first kappa shape index (κ1) is 9.80. The fourth-order valence-corrected chi connectivity index (χ4v) is 1.59. The van der Waals surface area contributed by atoms with Crippen molar-refractivity contribution in [2.24, 2.45) is 5.73 Å². The largest absolute Gasteiger partial charge is 0.497 e. The lowest BCUT2D eigenvalue weighted by atomic mass is 10.3. The lowest BCUT2D eigenvalue weighted by Gasteiger charge is -2.09. The molecule has 2 rings (SSSR count). The average Bonchev–Trinajstić information content (AvgIpc) is 2.77. The second-order valence-electron chi connectivity index (χ2n) is 3.28. The van der Waals surface area contributed by atoms with Crippen LogP contribution < -0.4 is 10.5 Å². The van der Waals surface area contributed by atoms with Gasteiger partial charge in [-0.1, -0.05) is 6.07 Å². The number of nitrogens with two attached hydrogens (primary N) is 1. The number of methoxy groups -OCH3 is 1. The standard InChI is InChI=1S/C12H14N2O/c1-15-12-6-2-4-10(8-12)14-7-3-5-11(14)9-13/h2-8H,9,13H2,1H3. The molecule has 0 unspecified atom stereocenters. The predicted molar refractivity (Wildman–Crippen MR) is 60.2 cm³/mol. The highest BCUT2D eigenvalue weighted by molar-refractivity contribution is 5.41. The lowest BCUT2D eigenvalue weighted by molar-refractivity contribution is 0.414. The first-order valence-electron chi connectivity index (χ1n) is 4.86. The van der Waals surface area contributed by atoms with Crippen LogP contribution in [-0.2, 0) is 6.54 Å². The van der Waals surface area contributed by atoms with E-state index in [0.717, 1.165) is 17.1 Å². The van der Waals surface area contributed by atoms with Gasteiger partial charge in [0.25, 0.3) is 0 Å². The van der Waals surface area contributed by atoms with Gasteiger partial charge in [-0.15, -0.1) is 0 Å². The van der Waals surface area contributed by atoms with Crippen molar-refractivity contribution < 1.29 is 4.74 Å². The Balaban J connectivity index is 2.44. The first-order valence-corrected chi connectivity index (χ1v) is 4.86. The van der Waals surface area contributed by atoms with Gasteiger partial charge in [-0.3, -0.25) is 0 Å². The van der Waals surface area contributed by atoms with Gasteiger partial charge in [0.1, 0.15) is 5.75 Å². The van der Waals surface area contributed by atoms with E-state index in [9.17, 15) is 0 Å². The molecule has 0 aliphatic rings. The molecule has 15 heavy (non-hydrogen) atoms.